The van der Waals surface area contributed by atoms with E-state index in [2.05, 4.69) is 0 Å². The summed E-state index contributed by atoms with van der Waals surface area (Å²) in [5.41, 5.74) is -0.0686. The highest BCUT2D eigenvalue weighted by Crippen LogP contribution is 2.25. The molecule has 2 rings (SSSR count). The van der Waals surface area contributed by atoms with Crippen molar-refractivity contribution in [1.82, 2.24) is 4.90 Å². The Balaban J connectivity index is 2.30. The molecular weight excluding hydrogens is 276 g/mol. The minimum absolute atomic E-state index is 0.0686. The number of nitrogens with zero attached hydrogens (tertiary/aromatic N) is 1. The smallest absolute Gasteiger partial charge is 0.255 e. The Morgan fingerprint density at radius 3 is 2.74 bits per heavy atom. The summed E-state index contributed by atoms with van der Waals surface area (Å²) in [7, 11) is 0. The molecule has 1 fully saturated rings. The van der Waals surface area contributed by atoms with Gasteiger partial charge < -0.3 is 10.0 Å². The van der Waals surface area contributed by atoms with Crippen molar-refractivity contribution in [3.05, 3.63) is 34.4 Å². The number of aliphatic hydroxyl groups excluding tert-OH is 1. The molecule has 1 aliphatic heterocycles. The second-order valence-electron chi connectivity index (χ2n) is 4.58. The van der Waals surface area contributed by atoms with E-state index in [0.29, 0.717) is 13.0 Å². The van der Waals surface area contributed by atoms with Crippen LogP contribution in [0.5, 0.6) is 0 Å². The first-order chi connectivity index (χ1) is 9.04. The lowest BCUT2D eigenvalue weighted by atomic mass is 10.0. The number of amides is 1. The van der Waals surface area contributed by atoms with Crippen LogP contribution in [-0.4, -0.2) is 35.1 Å². The Morgan fingerprint density at radius 1 is 1.37 bits per heavy atom. The highest BCUT2D eigenvalue weighted by molar-refractivity contribution is 6.33. The van der Waals surface area contributed by atoms with Crippen molar-refractivity contribution in [2.24, 2.45) is 0 Å². The molecule has 1 unspecified atom stereocenters. The first-order valence-electron chi connectivity index (χ1n) is 6.11. The number of carbonyl (C=O) groups excluding carboxylic acids is 1. The van der Waals surface area contributed by atoms with Gasteiger partial charge in [-0.2, -0.15) is 0 Å². The molecule has 19 heavy (non-hydrogen) atoms. The zero-order valence-corrected chi connectivity index (χ0v) is 11.0. The lowest BCUT2D eigenvalue weighted by Crippen LogP contribution is -2.45. The minimum Gasteiger partial charge on any atom is -0.394 e. The van der Waals surface area contributed by atoms with Crippen LogP contribution in [0.1, 0.15) is 29.6 Å². The second kappa shape index (κ2) is 5.84. The van der Waals surface area contributed by atoms with E-state index in [1.54, 1.807) is 0 Å². The number of hydrogen-bond donors (Lipinski definition) is 1. The number of halogens is 3. The standard InChI is InChI=1S/C13H14ClF2NO2/c14-10-6-12(16)11(15)5-9(10)13(19)17-4-2-1-3-8(17)7-18/h5-6,8,18H,1-4,7H2. The highest BCUT2D eigenvalue weighted by atomic mass is 35.5. The van der Waals surface area contributed by atoms with Crippen LogP contribution < -0.4 is 0 Å². The molecule has 1 saturated heterocycles. The fourth-order valence-corrected chi connectivity index (χ4v) is 2.53. The summed E-state index contributed by atoms with van der Waals surface area (Å²) >= 11 is 5.79. The second-order valence-corrected chi connectivity index (χ2v) is 4.98. The summed E-state index contributed by atoms with van der Waals surface area (Å²) in [6.45, 7) is 0.340. The number of carbonyl (C=O) groups is 1. The molecule has 6 heteroatoms. The van der Waals surface area contributed by atoms with Crippen LogP contribution in [0.2, 0.25) is 5.02 Å². The average molecular weight is 290 g/mol. The van der Waals surface area contributed by atoms with Crippen LogP contribution in [0.4, 0.5) is 8.78 Å². The first kappa shape index (κ1) is 14.2. The number of aliphatic hydroxyl groups is 1. The summed E-state index contributed by atoms with van der Waals surface area (Å²) in [5.74, 6) is -2.66. The molecule has 3 nitrogen and oxygen atoms in total. The third-order valence-corrected chi connectivity index (χ3v) is 3.65. The van der Waals surface area contributed by atoms with Crippen LogP contribution in [-0.2, 0) is 0 Å². The third kappa shape index (κ3) is 2.87. The first-order valence-corrected chi connectivity index (χ1v) is 6.48. The van der Waals surface area contributed by atoms with E-state index in [9.17, 15) is 18.7 Å². The Kier molecular flexibility index (Phi) is 4.37. The Morgan fingerprint density at radius 2 is 2.05 bits per heavy atom. The van der Waals surface area contributed by atoms with Gasteiger partial charge in [-0.25, -0.2) is 8.78 Å². The molecule has 0 radical (unpaired) electrons. The molecular formula is C13H14ClF2NO2. The lowest BCUT2D eigenvalue weighted by molar-refractivity contribution is 0.0502. The van der Waals surface area contributed by atoms with Crippen molar-refractivity contribution >= 4 is 17.5 Å². The molecule has 1 aromatic rings. The predicted molar refractivity (Wildman–Crippen MR) is 67.1 cm³/mol. The van der Waals surface area contributed by atoms with Crippen LogP contribution >= 0.6 is 11.6 Å². The maximum atomic E-state index is 13.2. The molecule has 0 saturated carbocycles. The number of piperidine rings is 1. The van der Waals surface area contributed by atoms with Gasteiger partial charge in [0.1, 0.15) is 0 Å². The molecule has 0 spiro atoms. The van der Waals surface area contributed by atoms with Crippen LogP contribution in [0.3, 0.4) is 0 Å². The number of rotatable bonds is 2. The van der Waals surface area contributed by atoms with Gasteiger partial charge in [-0.3, -0.25) is 4.79 Å². The molecule has 1 aromatic carbocycles. The van der Waals surface area contributed by atoms with Gasteiger partial charge in [-0.15, -0.1) is 0 Å². The summed E-state index contributed by atoms with van der Waals surface area (Å²) in [5, 5.41) is 9.14. The fraction of sp³-hybridized carbons (Fsp3) is 0.462. The molecule has 0 aliphatic carbocycles. The molecule has 0 bridgehead atoms. The Bertz CT molecular complexity index is 496. The molecule has 1 N–H and O–H groups in total. The Hall–Kier alpha value is -1.20. The molecule has 1 amide bonds. The molecule has 1 atom stereocenters. The Labute approximate surface area is 114 Å². The SMILES string of the molecule is O=C(c1cc(F)c(F)cc1Cl)N1CCCCC1CO. The van der Waals surface area contributed by atoms with E-state index in [-0.39, 0.29) is 23.2 Å². The normalized spacial score (nSPS) is 19.6. The molecule has 1 heterocycles. The van der Waals surface area contributed by atoms with Crippen molar-refractivity contribution < 1.29 is 18.7 Å². The molecule has 1 aliphatic rings. The maximum Gasteiger partial charge on any atom is 0.255 e. The molecule has 0 aromatic heterocycles. The topological polar surface area (TPSA) is 40.5 Å². The van der Waals surface area contributed by atoms with Crippen molar-refractivity contribution in [3.63, 3.8) is 0 Å². The van der Waals surface area contributed by atoms with Crippen LogP contribution in [0.15, 0.2) is 12.1 Å². The predicted octanol–water partition coefficient (Wildman–Crippen LogP) is 2.61. The lowest BCUT2D eigenvalue weighted by Gasteiger charge is -2.34. The number of benzene rings is 1. The number of hydrogen-bond acceptors (Lipinski definition) is 2. The maximum absolute atomic E-state index is 13.2. The van der Waals surface area contributed by atoms with E-state index < -0.39 is 17.5 Å². The van der Waals surface area contributed by atoms with Crippen molar-refractivity contribution in [2.75, 3.05) is 13.2 Å². The highest BCUT2D eigenvalue weighted by Gasteiger charge is 2.28. The van der Waals surface area contributed by atoms with E-state index in [4.69, 9.17) is 11.6 Å². The van der Waals surface area contributed by atoms with Gasteiger partial charge in [0.05, 0.1) is 23.2 Å². The fourth-order valence-electron chi connectivity index (χ4n) is 2.30. The van der Waals surface area contributed by atoms with Gasteiger partial charge in [0, 0.05) is 6.54 Å². The van der Waals surface area contributed by atoms with E-state index in [0.717, 1.165) is 25.0 Å². The van der Waals surface area contributed by atoms with Crippen molar-refractivity contribution in [1.29, 1.82) is 0 Å². The van der Waals surface area contributed by atoms with Gasteiger partial charge >= 0.3 is 0 Å². The minimum atomic E-state index is -1.11. The van der Waals surface area contributed by atoms with Gasteiger partial charge in [0.15, 0.2) is 11.6 Å². The summed E-state index contributed by atoms with van der Waals surface area (Å²) in [6.07, 6.45) is 2.45. The van der Waals surface area contributed by atoms with Crippen LogP contribution in [0.25, 0.3) is 0 Å². The third-order valence-electron chi connectivity index (χ3n) is 3.34. The summed E-state index contributed by atoms with van der Waals surface area (Å²) in [6, 6.07) is 1.32. The zero-order chi connectivity index (χ0) is 14.0. The van der Waals surface area contributed by atoms with Gasteiger partial charge in [0.25, 0.3) is 5.91 Å². The summed E-state index contributed by atoms with van der Waals surface area (Å²) in [4.78, 5) is 13.8. The van der Waals surface area contributed by atoms with Crippen molar-refractivity contribution in [3.8, 4) is 0 Å². The number of likely N-dealkylation sites (tertiary alicyclic amines) is 1. The average Bonchev–Trinajstić information content (AvgIpc) is 2.42. The largest absolute Gasteiger partial charge is 0.394 e. The van der Waals surface area contributed by atoms with Crippen molar-refractivity contribution in [2.45, 2.75) is 25.3 Å². The van der Waals surface area contributed by atoms with E-state index >= 15 is 0 Å². The van der Waals surface area contributed by atoms with E-state index in [1.165, 1.54) is 4.90 Å². The quantitative estimate of drug-likeness (QED) is 0.850. The summed E-state index contributed by atoms with van der Waals surface area (Å²) < 4.78 is 26.2. The van der Waals surface area contributed by atoms with Gasteiger partial charge in [-0.05, 0) is 31.4 Å². The van der Waals surface area contributed by atoms with Gasteiger partial charge in [0.2, 0.25) is 0 Å². The molecule has 104 valence electrons. The van der Waals surface area contributed by atoms with Crippen LogP contribution in [0, 0.1) is 11.6 Å². The van der Waals surface area contributed by atoms with Gasteiger partial charge in [-0.1, -0.05) is 11.6 Å². The monoisotopic (exact) mass is 289 g/mol. The van der Waals surface area contributed by atoms with E-state index in [1.807, 2.05) is 0 Å². The zero-order valence-electron chi connectivity index (χ0n) is 10.2.